The third-order valence-electron chi connectivity index (χ3n) is 3.77. The van der Waals surface area contributed by atoms with Crippen LogP contribution in [0.3, 0.4) is 0 Å². The van der Waals surface area contributed by atoms with Crippen LogP contribution in [0, 0.1) is 23.0 Å². The first-order valence-electron chi connectivity index (χ1n) is 6.64. The molecule has 1 saturated carbocycles. The summed E-state index contributed by atoms with van der Waals surface area (Å²) in [6.07, 6.45) is 3.09. The zero-order chi connectivity index (χ0) is 14.7. The van der Waals surface area contributed by atoms with E-state index < -0.39 is 4.92 Å². The van der Waals surface area contributed by atoms with Gasteiger partial charge in [0.05, 0.1) is 4.92 Å². The van der Waals surface area contributed by atoms with Crippen molar-refractivity contribution in [3.05, 3.63) is 39.4 Å². The van der Waals surface area contributed by atoms with E-state index in [0.717, 1.165) is 30.2 Å². The minimum Gasteiger partial charge on any atom is -0.349 e. The van der Waals surface area contributed by atoms with E-state index in [4.69, 9.17) is 0 Å². The van der Waals surface area contributed by atoms with Crippen molar-refractivity contribution in [2.45, 2.75) is 32.2 Å². The van der Waals surface area contributed by atoms with Crippen molar-refractivity contribution in [1.29, 1.82) is 0 Å². The minimum atomic E-state index is -0.509. The number of nitro benzene ring substituents is 1. The first-order chi connectivity index (χ1) is 9.52. The Bertz CT molecular complexity index is 533. The van der Waals surface area contributed by atoms with Crippen LogP contribution >= 0.6 is 15.9 Å². The van der Waals surface area contributed by atoms with E-state index in [0.29, 0.717) is 5.92 Å². The molecule has 0 aliphatic heterocycles. The smallest absolute Gasteiger partial charge is 0.282 e. The van der Waals surface area contributed by atoms with Gasteiger partial charge in [-0.2, -0.15) is 0 Å². The lowest BCUT2D eigenvalue weighted by molar-refractivity contribution is -0.385. The molecule has 1 aliphatic carbocycles. The van der Waals surface area contributed by atoms with Crippen LogP contribution < -0.4 is 5.32 Å². The molecule has 1 amide bonds. The van der Waals surface area contributed by atoms with Gasteiger partial charge in [0.15, 0.2) is 0 Å². The van der Waals surface area contributed by atoms with Gasteiger partial charge in [0.2, 0.25) is 0 Å². The molecule has 1 aromatic carbocycles. The molecule has 0 bridgehead atoms. The molecule has 2 unspecified atom stereocenters. The molecule has 0 spiro atoms. The predicted octanol–water partition coefficient (Wildman–Crippen LogP) is 3.20. The molecular formula is C14H17BrN2O3. The van der Waals surface area contributed by atoms with E-state index in [-0.39, 0.29) is 23.2 Å². The van der Waals surface area contributed by atoms with Crippen LogP contribution in [0.1, 0.15) is 35.2 Å². The van der Waals surface area contributed by atoms with Crippen molar-refractivity contribution in [3.63, 3.8) is 0 Å². The van der Waals surface area contributed by atoms with Crippen LogP contribution in [0.5, 0.6) is 0 Å². The van der Waals surface area contributed by atoms with Crippen molar-refractivity contribution in [1.82, 2.24) is 5.32 Å². The number of hydrogen-bond donors (Lipinski definition) is 1. The number of alkyl halides is 1. The fourth-order valence-corrected chi connectivity index (χ4v) is 3.42. The molecule has 1 fully saturated rings. The number of rotatable bonds is 4. The highest BCUT2D eigenvalue weighted by atomic mass is 79.9. The van der Waals surface area contributed by atoms with Gasteiger partial charge in [0, 0.05) is 17.4 Å². The summed E-state index contributed by atoms with van der Waals surface area (Å²) in [7, 11) is 0. The Morgan fingerprint density at radius 1 is 1.50 bits per heavy atom. The van der Waals surface area contributed by atoms with E-state index in [1.807, 2.05) is 6.92 Å². The van der Waals surface area contributed by atoms with Crippen LogP contribution in [0.15, 0.2) is 18.2 Å². The summed E-state index contributed by atoms with van der Waals surface area (Å²) in [6, 6.07) is 4.71. The van der Waals surface area contributed by atoms with Crippen LogP contribution in [0.4, 0.5) is 5.69 Å². The van der Waals surface area contributed by atoms with Crippen LogP contribution in [-0.2, 0) is 0 Å². The number of carbonyl (C=O) groups excluding carboxylic acids is 1. The number of aryl methyl sites for hydroxylation is 1. The van der Waals surface area contributed by atoms with Crippen molar-refractivity contribution >= 4 is 27.5 Å². The maximum Gasteiger partial charge on any atom is 0.282 e. The SMILES string of the molecule is Cc1ccc([N+](=O)[O-])c(C(=O)NC2CCCC2CBr)c1. The number of halogens is 1. The number of nitrogens with zero attached hydrogens (tertiary/aromatic N) is 1. The molecule has 2 rings (SSSR count). The Kier molecular flexibility index (Phi) is 4.75. The fraction of sp³-hybridized carbons (Fsp3) is 0.500. The number of benzene rings is 1. The van der Waals surface area contributed by atoms with Crippen molar-refractivity contribution < 1.29 is 9.72 Å². The Hall–Kier alpha value is -1.43. The van der Waals surface area contributed by atoms with Crippen molar-refractivity contribution in [2.24, 2.45) is 5.92 Å². The summed E-state index contributed by atoms with van der Waals surface area (Å²) in [6.45, 7) is 1.82. The molecule has 108 valence electrons. The van der Waals surface area contributed by atoms with Crippen LogP contribution in [0.25, 0.3) is 0 Å². The average molecular weight is 341 g/mol. The highest BCUT2D eigenvalue weighted by Crippen LogP contribution is 2.28. The Balaban J connectivity index is 2.20. The molecule has 5 nitrogen and oxygen atoms in total. The van der Waals surface area contributed by atoms with E-state index in [1.54, 1.807) is 12.1 Å². The van der Waals surface area contributed by atoms with Crippen molar-refractivity contribution in [3.8, 4) is 0 Å². The summed E-state index contributed by atoms with van der Waals surface area (Å²) < 4.78 is 0. The second kappa shape index (κ2) is 6.35. The van der Waals surface area contributed by atoms with E-state index >= 15 is 0 Å². The van der Waals surface area contributed by atoms with Gasteiger partial charge in [-0.05, 0) is 37.3 Å². The van der Waals surface area contributed by atoms with Crippen molar-refractivity contribution in [2.75, 3.05) is 5.33 Å². The highest BCUT2D eigenvalue weighted by molar-refractivity contribution is 9.09. The highest BCUT2D eigenvalue weighted by Gasteiger charge is 2.29. The maximum absolute atomic E-state index is 12.3. The third kappa shape index (κ3) is 3.17. The lowest BCUT2D eigenvalue weighted by Gasteiger charge is -2.19. The quantitative estimate of drug-likeness (QED) is 0.519. The van der Waals surface area contributed by atoms with Gasteiger partial charge in [-0.25, -0.2) is 0 Å². The lowest BCUT2D eigenvalue weighted by atomic mass is 10.0. The number of nitrogens with one attached hydrogen (secondary N) is 1. The molecule has 1 aromatic rings. The predicted molar refractivity (Wildman–Crippen MR) is 80.2 cm³/mol. The molecular weight excluding hydrogens is 324 g/mol. The van der Waals surface area contributed by atoms with Gasteiger partial charge in [-0.1, -0.05) is 28.4 Å². The Morgan fingerprint density at radius 2 is 2.25 bits per heavy atom. The summed E-state index contributed by atoms with van der Waals surface area (Å²) in [4.78, 5) is 22.8. The third-order valence-corrected chi connectivity index (χ3v) is 4.60. The number of amides is 1. The molecule has 6 heteroatoms. The fourth-order valence-electron chi connectivity index (χ4n) is 2.65. The van der Waals surface area contributed by atoms with Gasteiger partial charge >= 0.3 is 0 Å². The second-order valence-electron chi connectivity index (χ2n) is 5.20. The van der Waals surface area contributed by atoms with E-state index in [2.05, 4.69) is 21.2 Å². The molecule has 0 heterocycles. The summed E-state index contributed by atoms with van der Waals surface area (Å²) in [5.74, 6) is 0.0565. The summed E-state index contributed by atoms with van der Waals surface area (Å²) in [5.41, 5.74) is 0.848. The monoisotopic (exact) mass is 340 g/mol. The second-order valence-corrected chi connectivity index (χ2v) is 5.85. The van der Waals surface area contributed by atoms with Gasteiger partial charge in [-0.3, -0.25) is 14.9 Å². The first-order valence-corrected chi connectivity index (χ1v) is 7.77. The molecule has 1 aliphatic rings. The van der Waals surface area contributed by atoms with E-state index in [9.17, 15) is 14.9 Å². The Labute approximate surface area is 126 Å². The normalized spacial score (nSPS) is 21.7. The molecule has 0 aromatic heterocycles. The lowest BCUT2D eigenvalue weighted by Crippen LogP contribution is -2.38. The van der Waals surface area contributed by atoms with Crippen LogP contribution in [0.2, 0.25) is 0 Å². The molecule has 0 saturated heterocycles. The zero-order valence-electron chi connectivity index (χ0n) is 11.3. The molecule has 20 heavy (non-hydrogen) atoms. The summed E-state index contributed by atoms with van der Waals surface area (Å²) >= 11 is 3.45. The first kappa shape index (κ1) is 15.0. The van der Waals surface area contributed by atoms with Gasteiger partial charge in [-0.15, -0.1) is 0 Å². The van der Waals surface area contributed by atoms with Gasteiger partial charge in [0.25, 0.3) is 11.6 Å². The average Bonchev–Trinajstić information content (AvgIpc) is 2.85. The topological polar surface area (TPSA) is 72.2 Å². The number of hydrogen-bond acceptors (Lipinski definition) is 3. The molecule has 0 radical (unpaired) electrons. The standard InChI is InChI=1S/C14H17BrN2O3/c1-9-5-6-13(17(19)20)11(7-9)14(18)16-12-4-2-3-10(12)8-15/h5-7,10,12H,2-4,8H2,1H3,(H,16,18). The number of carbonyl (C=O) groups is 1. The molecule has 2 atom stereocenters. The largest absolute Gasteiger partial charge is 0.349 e. The zero-order valence-corrected chi connectivity index (χ0v) is 12.9. The van der Waals surface area contributed by atoms with Gasteiger partial charge in [0.1, 0.15) is 5.56 Å². The van der Waals surface area contributed by atoms with Crippen LogP contribution in [-0.4, -0.2) is 22.2 Å². The molecule has 1 N–H and O–H groups in total. The minimum absolute atomic E-state index is 0.0991. The Morgan fingerprint density at radius 3 is 2.90 bits per heavy atom. The maximum atomic E-state index is 12.3. The van der Waals surface area contributed by atoms with Gasteiger partial charge < -0.3 is 5.32 Å². The number of nitro groups is 1. The van der Waals surface area contributed by atoms with E-state index in [1.165, 1.54) is 6.07 Å². The summed E-state index contributed by atoms with van der Waals surface area (Å²) in [5, 5.41) is 14.8.